The number of aliphatic carboxylic acids is 1. The van der Waals surface area contributed by atoms with E-state index in [1.807, 2.05) is 18.2 Å². The molecule has 0 unspecified atom stereocenters. The van der Waals surface area contributed by atoms with E-state index in [2.05, 4.69) is 9.97 Å². The third-order valence-corrected chi connectivity index (χ3v) is 4.98. The number of imidazole rings is 1. The molecule has 0 aliphatic heterocycles. The molecular weight excluding hydrogens is 340 g/mol. The first-order valence-corrected chi connectivity index (χ1v) is 10.3. The fourth-order valence-electron chi connectivity index (χ4n) is 3.42. The molecular formula is C22H32N2O3. The van der Waals surface area contributed by atoms with Crippen LogP contribution in [-0.2, 0) is 16.0 Å². The number of H-pyrrole nitrogens is 1. The molecule has 27 heavy (non-hydrogen) atoms. The van der Waals surface area contributed by atoms with Gasteiger partial charge >= 0.3 is 5.97 Å². The van der Waals surface area contributed by atoms with E-state index in [1.165, 1.54) is 32.1 Å². The first kappa shape index (κ1) is 21.1. The molecule has 0 saturated heterocycles. The molecule has 0 radical (unpaired) electrons. The fraction of sp³-hybridized carbons (Fsp3) is 0.591. The number of hydrogen-bond donors (Lipinski definition) is 2. The minimum atomic E-state index is -0.688. The number of Topliss-reactive ketones (excluding diaryl/α,β-unsaturated/α-hetero) is 1. The van der Waals surface area contributed by atoms with Gasteiger partial charge in [0.15, 0.2) is 0 Å². The zero-order valence-corrected chi connectivity index (χ0v) is 16.2. The molecule has 5 heteroatoms. The van der Waals surface area contributed by atoms with Gasteiger partial charge in [-0.05, 0) is 30.5 Å². The van der Waals surface area contributed by atoms with Crippen molar-refractivity contribution in [2.45, 2.75) is 83.5 Å². The van der Waals surface area contributed by atoms with E-state index in [9.17, 15) is 9.59 Å². The number of hydrogen-bond acceptors (Lipinski definition) is 3. The van der Waals surface area contributed by atoms with Crippen molar-refractivity contribution in [1.82, 2.24) is 9.97 Å². The molecule has 2 N–H and O–H groups in total. The van der Waals surface area contributed by atoms with Crippen LogP contribution < -0.4 is 0 Å². The van der Waals surface area contributed by atoms with Gasteiger partial charge in [0, 0.05) is 19.3 Å². The third kappa shape index (κ3) is 8.85. The minimum Gasteiger partial charge on any atom is -0.481 e. The van der Waals surface area contributed by atoms with E-state index in [4.69, 9.17) is 5.11 Å². The molecule has 0 aliphatic carbocycles. The summed E-state index contributed by atoms with van der Waals surface area (Å²) in [5.74, 6) is -0.373. The molecule has 0 bridgehead atoms. The molecule has 0 atom stereocenters. The quantitative estimate of drug-likeness (QED) is 0.408. The number of unbranched alkanes of at least 4 members (excludes halogenated alkanes) is 9. The van der Waals surface area contributed by atoms with Crippen molar-refractivity contribution in [2.75, 3.05) is 0 Å². The number of carbonyl (C=O) groups excluding carboxylic acids is 1. The van der Waals surface area contributed by atoms with Crippen LogP contribution >= 0.6 is 0 Å². The molecule has 1 aromatic carbocycles. The Morgan fingerprint density at radius 2 is 1.44 bits per heavy atom. The van der Waals surface area contributed by atoms with Gasteiger partial charge in [-0.3, -0.25) is 9.59 Å². The number of rotatable bonds is 15. The maximum atomic E-state index is 12.1. The molecule has 0 aliphatic rings. The van der Waals surface area contributed by atoms with Crippen LogP contribution in [0.2, 0.25) is 0 Å². The molecule has 0 saturated carbocycles. The predicted molar refractivity (Wildman–Crippen MR) is 108 cm³/mol. The van der Waals surface area contributed by atoms with Crippen molar-refractivity contribution < 1.29 is 14.7 Å². The number of carboxylic acids is 1. The van der Waals surface area contributed by atoms with Gasteiger partial charge < -0.3 is 10.1 Å². The van der Waals surface area contributed by atoms with Crippen LogP contribution in [0.15, 0.2) is 24.5 Å². The normalized spacial score (nSPS) is 11.1. The van der Waals surface area contributed by atoms with Crippen molar-refractivity contribution in [1.29, 1.82) is 0 Å². The lowest BCUT2D eigenvalue weighted by molar-refractivity contribution is -0.137. The number of benzene rings is 1. The number of carboxylic acid groups (broad SMARTS) is 1. The lowest BCUT2D eigenvalue weighted by Crippen LogP contribution is -2.02. The Bertz CT molecular complexity index is 708. The topological polar surface area (TPSA) is 83.0 Å². The van der Waals surface area contributed by atoms with Crippen LogP contribution in [0.5, 0.6) is 0 Å². The maximum Gasteiger partial charge on any atom is 0.303 e. The summed E-state index contributed by atoms with van der Waals surface area (Å²) in [5.41, 5.74) is 2.98. The summed E-state index contributed by atoms with van der Waals surface area (Å²) in [6, 6.07) is 5.96. The zero-order chi connectivity index (χ0) is 19.3. The molecule has 5 nitrogen and oxygen atoms in total. The van der Waals surface area contributed by atoms with Gasteiger partial charge in [0.05, 0.1) is 17.4 Å². The SMILES string of the molecule is O=C(O)CCCCCCCCCCCCC(=O)Cc1ccc2nc[nH]c2c1. The Morgan fingerprint density at radius 3 is 2.07 bits per heavy atom. The van der Waals surface area contributed by atoms with Gasteiger partial charge in [-0.2, -0.15) is 0 Å². The Morgan fingerprint density at radius 1 is 0.852 bits per heavy atom. The van der Waals surface area contributed by atoms with Crippen LogP contribution in [0, 0.1) is 0 Å². The summed E-state index contributed by atoms with van der Waals surface area (Å²) < 4.78 is 0. The highest BCUT2D eigenvalue weighted by atomic mass is 16.4. The first-order valence-electron chi connectivity index (χ1n) is 10.3. The zero-order valence-electron chi connectivity index (χ0n) is 16.2. The van der Waals surface area contributed by atoms with Gasteiger partial charge in [-0.15, -0.1) is 0 Å². The summed E-state index contributed by atoms with van der Waals surface area (Å²) in [6.07, 6.45) is 14.4. The summed E-state index contributed by atoms with van der Waals surface area (Å²) >= 11 is 0. The molecule has 148 valence electrons. The largest absolute Gasteiger partial charge is 0.481 e. The van der Waals surface area contributed by atoms with Crippen LogP contribution in [0.4, 0.5) is 0 Å². The molecule has 0 amide bonds. The average molecular weight is 373 g/mol. The van der Waals surface area contributed by atoms with E-state index in [0.717, 1.165) is 48.7 Å². The second kappa shape index (κ2) is 12.3. The van der Waals surface area contributed by atoms with E-state index in [1.54, 1.807) is 6.33 Å². The number of aromatic amines is 1. The minimum absolute atomic E-state index is 0.302. The lowest BCUT2D eigenvalue weighted by atomic mass is 10.0. The van der Waals surface area contributed by atoms with Crippen molar-refractivity contribution >= 4 is 22.8 Å². The second-order valence-corrected chi connectivity index (χ2v) is 7.40. The number of carbonyl (C=O) groups is 2. The van der Waals surface area contributed by atoms with Crippen LogP contribution in [0.25, 0.3) is 11.0 Å². The Balaban J connectivity index is 1.42. The van der Waals surface area contributed by atoms with E-state index < -0.39 is 5.97 Å². The summed E-state index contributed by atoms with van der Waals surface area (Å²) in [5, 5.41) is 8.57. The lowest BCUT2D eigenvalue weighted by Gasteiger charge is -2.03. The highest BCUT2D eigenvalue weighted by Crippen LogP contribution is 2.15. The first-order chi connectivity index (χ1) is 13.1. The van der Waals surface area contributed by atoms with E-state index in [-0.39, 0.29) is 0 Å². The monoisotopic (exact) mass is 372 g/mol. The van der Waals surface area contributed by atoms with E-state index in [0.29, 0.717) is 25.0 Å². The van der Waals surface area contributed by atoms with E-state index >= 15 is 0 Å². The highest BCUT2D eigenvalue weighted by molar-refractivity contribution is 5.83. The van der Waals surface area contributed by atoms with Crippen LogP contribution in [0.1, 0.15) is 82.6 Å². The Kier molecular flexibility index (Phi) is 9.60. The maximum absolute atomic E-state index is 12.1. The van der Waals surface area contributed by atoms with Crippen molar-refractivity contribution in [3.63, 3.8) is 0 Å². The van der Waals surface area contributed by atoms with Gasteiger partial charge in [-0.1, -0.05) is 57.4 Å². The molecule has 0 spiro atoms. The fourth-order valence-corrected chi connectivity index (χ4v) is 3.42. The average Bonchev–Trinajstić information content (AvgIpc) is 3.10. The number of ketones is 1. The highest BCUT2D eigenvalue weighted by Gasteiger charge is 2.05. The number of aromatic nitrogens is 2. The second-order valence-electron chi connectivity index (χ2n) is 7.40. The van der Waals surface area contributed by atoms with Crippen LogP contribution in [0.3, 0.4) is 0 Å². The summed E-state index contributed by atoms with van der Waals surface area (Å²) in [7, 11) is 0. The van der Waals surface area contributed by atoms with Gasteiger partial charge in [-0.25, -0.2) is 4.98 Å². The molecule has 1 aromatic heterocycles. The van der Waals surface area contributed by atoms with Crippen molar-refractivity contribution in [3.8, 4) is 0 Å². The molecule has 1 heterocycles. The van der Waals surface area contributed by atoms with Crippen molar-refractivity contribution in [2.24, 2.45) is 0 Å². The Labute approximate surface area is 161 Å². The number of nitrogens with one attached hydrogen (secondary N) is 1. The summed E-state index contributed by atoms with van der Waals surface area (Å²) in [6.45, 7) is 0. The predicted octanol–water partition coefficient (Wildman–Crippen LogP) is 5.44. The molecule has 2 rings (SSSR count). The van der Waals surface area contributed by atoms with Gasteiger partial charge in [0.1, 0.15) is 5.78 Å². The summed E-state index contributed by atoms with van der Waals surface area (Å²) in [4.78, 5) is 29.8. The third-order valence-electron chi connectivity index (χ3n) is 4.98. The van der Waals surface area contributed by atoms with Gasteiger partial charge in [0.25, 0.3) is 0 Å². The standard InChI is InChI=1S/C22H32N2O3/c25-19(15-18-13-14-20-21(16-18)24-17-23-20)11-9-7-5-3-1-2-4-6-8-10-12-22(26)27/h13-14,16-17H,1-12,15H2,(H,23,24)(H,26,27). The molecule has 0 fully saturated rings. The van der Waals surface area contributed by atoms with Gasteiger partial charge in [0.2, 0.25) is 0 Å². The Hall–Kier alpha value is -2.17. The number of fused-ring (bicyclic) bond motifs is 1. The molecule has 2 aromatic rings. The van der Waals surface area contributed by atoms with Crippen LogP contribution in [-0.4, -0.2) is 26.8 Å². The number of nitrogens with zero attached hydrogens (tertiary/aromatic N) is 1. The van der Waals surface area contributed by atoms with Crippen molar-refractivity contribution in [3.05, 3.63) is 30.1 Å². The smallest absolute Gasteiger partial charge is 0.303 e.